The molecule has 0 aliphatic rings. The Morgan fingerprint density at radius 3 is 2.39 bits per heavy atom. The summed E-state index contributed by atoms with van der Waals surface area (Å²) in [4.78, 5) is 27.3. The summed E-state index contributed by atoms with van der Waals surface area (Å²) in [6.45, 7) is 11.5. The summed E-state index contributed by atoms with van der Waals surface area (Å²) >= 11 is 3.51. The molecule has 0 fully saturated rings. The van der Waals surface area contributed by atoms with Crippen molar-refractivity contribution in [1.29, 1.82) is 0 Å². The Kier molecular flexibility index (Phi) is 9.46. The third-order valence-corrected chi connectivity index (χ3v) is 6.24. The molecule has 5 nitrogen and oxygen atoms in total. The summed E-state index contributed by atoms with van der Waals surface area (Å²) in [6, 6.07) is 11.2. The van der Waals surface area contributed by atoms with E-state index < -0.39 is 17.8 Å². The highest BCUT2D eigenvalue weighted by molar-refractivity contribution is 9.10. The van der Waals surface area contributed by atoms with Gasteiger partial charge in [-0.2, -0.15) is 0 Å². The maximum absolute atomic E-state index is 14.3. The van der Waals surface area contributed by atoms with Gasteiger partial charge in [0.25, 0.3) is 5.91 Å². The lowest BCUT2D eigenvalue weighted by molar-refractivity contribution is -0.142. The van der Waals surface area contributed by atoms with Gasteiger partial charge in [0.1, 0.15) is 17.6 Å². The number of amides is 2. The molecular formula is C26H34BrFN2O3. The van der Waals surface area contributed by atoms with Crippen LogP contribution in [0.5, 0.6) is 5.75 Å². The third kappa shape index (κ3) is 7.56. The van der Waals surface area contributed by atoms with Crippen molar-refractivity contribution in [3.05, 3.63) is 63.9 Å². The number of hydrogen-bond acceptors (Lipinski definition) is 3. The highest BCUT2D eigenvalue weighted by Gasteiger charge is 2.28. The average molecular weight is 521 g/mol. The van der Waals surface area contributed by atoms with Gasteiger partial charge < -0.3 is 15.0 Å². The van der Waals surface area contributed by atoms with Crippen molar-refractivity contribution in [2.45, 2.75) is 72.0 Å². The standard InChI is InChI=1S/C26H34BrFN2O3/c1-7-17(2)29-25(32)18(3)30(15-19-10-8-9-11-22(19)28)24(31)16-33-23-13-12-20(14-21(23)27)26(4,5)6/h8-14,17-18H,7,15-16H2,1-6H3,(H,29,32). The third-order valence-electron chi connectivity index (χ3n) is 5.62. The van der Waals surface area contributed by atoms with Crippen LogP contribution in [0.3, 0.4) is 0 Å². The van der Waals surface area contributed by atoms with E-state index in [-0.39, 0.29) is 30.5 Å². The minimum Gasteiger partial charge on any atom is -0.483 e. The van der Waals surface area contributed by atoms with Crippen molar-refractivity contribution in [1.82, 2.24) is 10.2 Å². The van der Waals surface area contributed by atoms with Gasteiger partial charge in [0.2, 0.25) is 5.91 Å². The lowest BCUT2D eigenvalue weighted by Gasteiger charge is -2.29. The molecule has 0 aliphatic carbocycles. The minimum atomic E-state index is -0.790. The van der Waals surface area contributed by atoms with Crippen LogP contribution in [0, 0.1) is 5.82 Å². The van der Waals surface area contributed by atoms with E-state index in [2.05, 4.69) is 42.0 Å². The number of carbonyl (C=O) groups excluding carboxylic acids is 2. The van der Waals surface area contributed by atoms with Crippen molar-refractivity contribution in [2.75, 3.05) is 6.61 Å². The molecule has 2 amide bonds. The molecule has 2 rings (SSSR count). The number of halogens is 2. The van der Waals surface area contributed by atoms with E-state index in [9.17, 15) is 14.0 Å². The van der Waals surface area contributed by atoms with Gasteiger partial charge in [0, 0.05) is 18.2 Å². The summed E-state index contributed by atoms with van der Waals surface area (Å²) < 4.78 is 20.8. The number of rotatable bonds is 9. The zero-order chi connectivity index (χ0) is 24.8. The first-order chi connectivity index (χ1) is 15.4. The highest BCUT2D eigenvalue weighted by Crippen LogP contribution is 2.31. The van der Waals surface area contributed by atoms with E-state index in [1.54, 1.807) is 25.1 Å². The van der Waals surface area contributed by atoms with Crippen LogP contribution in [0.1, 0.15) is 59.1 Å². The summed E-state index contributed by atoms with van der Waals surface area (Å²) in [5.74, 6) is -0.591. The first-order valence-electron chi connectivity index (χ1n) is 11.2. The normalized spacial score (nSPS) is 13.2. The molecule has 0 radical (unpaired) electrons. The van der Waals surface area contributed by atoms with E-state index in [0.29, 0.717) is 11.3 Å². The van der Waals surface area contributed by atoms with Crippen LogP contribution in [0.2, 0.25) is 0 Å². The summed E-state index contributed by atoms with van der Waals surface area (Å²) in [5.41, 5.74) is 1.44. The maximum Gasteiger partial charge on any atom is 0.261 e. The van der Waals surface area contributed by atoms with Gasteiger partial charge in [-0.25, -0.2) is 4.39 Å². The van der Waals surface area contributed by atoms with Crippen LogP contribution in [0.15, 0.2) is 46.9 Å². The van der Waals surface area contributed by atoms with Gasteiger partial charge in [-0.05, 0) is 65.4 Å². The lowest BCUT2D eigenvalue weighted by Crippen LogP contribution is -2.50. The second kappa shape index (κ2) is 11.6. The van der Waals surface area contributed by atoms with Crippen LogP contribution < -0.4 is 10.1 Å². The molecule has 0 spiro atoms. The molecular weight excluding hydrogens is 487 g/mol. The Bertz CT molecular complexity index is 974. The molecule has 2 aromatic carbocycles. The Hall–Kier alpha value is -2.41. The molecule has 0 saturated carbocycles. The van der Waals surface area contributed by atoms with Gasteiger partial charge in [-0.15, -0.1) is 0 Å². The predicted molar refractivity (Wildman–Crippen MR) is 133 cm³/mol. The zero-order valence-corrected chi connectivity index (χ0v) is 21.8. The Balaban J connectivity index is 2.20. The Morgan fingerprint density at radius 2 is 1.82 bits per heavy atom. The summed E-state index contributed by atoms with van der Waals surface area (Å²) in [7, 11) is 0. The molecule has 0 aromatic heterocycles. The number of hydrogen-bond donors (Lipinski definition) is 1. The van der Waals surface area contributed by atoms with E-state index >= 15 is 0 Å². The molecule has 2 aromatic rings. The van der Waals surface area contributed by atoms with Gasteiger partial charge >= 0.3 is 0 Å². The second-order valence-corrected chi connectivity index (χ2v) is 10.1. The molecule has 2 atom stereocenters. The van der Waals surface area contributed by atoms with Crippen molar-refractivity contribution in [2.24, 2.45) is 0 Å². The highest BCUT2D eigenvalue weighted by atomic mass is 79.9. The fourth-order valence-electron chi connectivity index (χ4n) is 3.17. The quantitative estimate of drug-likeness (QED) is 0.468. The van der Waals surface area contributed by atoms with Gasteiger partial charge in [-0.1, -0.05) is 52.0 Å². The van der Waals surface area contributed by atoms with Gasteiger partial charge in [0.15, 0.2) is 6.61 Å². The van der Waals surface area contributed by atoms with Crippen molar-refractivity contribution >= 4 is 27.7 Å². The van der Waals surface area contributed by atoms with Gasteiger partial charge in [0.05, 0.1) is 4.47 Å². The van der Waals surface area contributed by atoms with Crippen molar-refractivity contribution in [3.8, 4) is 5.75 Å². The molecule has 0 saturated heterocycles. The number of ether oxygens (including phenoxy) is 1. The van der Waals surface area contributed by atoms with E-state index in [1.165, 1.54) is 11.0 Å². The predicted octanol–water partition coefficient (Wildman–Crippen LogP) is 5.60. The molecule has 1 N–H and O–H groups in total. The molecule has 33 heavy (non-hydrogen) atoms. The van der Waals surface area contributed by atoms with Crippen LogP contribution in [0.25, 0.3) is 0 Å². The molecule has 7 heteroatoms. The fourth-order valence-corrected chi connectivity index (χ4v) is 3.66. The van der Waals surface area contributed by atoms with Crippen molar-refractivity contribution < 1.29 is 18.7 Å². The first kappa shape index (κ1) is 26.8. The van der Waals surface area contributed by atoms with E-state index in [0.717, 1.165) is 16.5 Å². The van der Waals surface area contributed by atoms with Crippen LogP contribution >= 0.6 is 15.9 Å². The zero-order valence-electron chi connectivity index (χ0n) is 20.2. The smallest absolute Gasteiger partial charge is 0.261 e. The number of carbonyl (C=O) groups is 2. The van der Waals surface area contributed by atoms with Crippen LogP contribution in [-0.2, 0) is 21.5 Å². The molecule has 2 unspecified atom stereocenters. The van der Waals surface area contributed by atoms with Crippen LogP contribution in [-0.4, -0.2) is 35.4 Å². The van der Waals surface area contributed by atoms with Crippen molar-refractivity contribution in [3.63, 3.8) is 0 Å². The summed E-state index contributed by atoms with van der Waals surface area (Å²) in [5, 5.41) is 2.89. The SMILES string of the molecule is CCC(C)NC(=O)C(C)N(Cc1ccccc1F)C(=O)COc1ccc(C(C)(C)C)cc1Br. The minimum absolute atomic E-state index is 0.0220. The van der Waals surface area contributed by atoms with E-state index in [4.69, 9.17) is 4.74 Å². The average Bonchev–Trinajstić information content (AvgIpc) is 2.76. The lowest BCUT2D eigenvalue weighted by atomic mass is 9.87. The largest absolute Gasteiger partial charge is 0.483 e. The number of nitrogens with one attached hydrogen (secondary N) is 1. The first-order valence-corrected chi connectivity index (χ1v) is 12.0. The Morgan fingerprint density at radius 1 is 1.15 bits per heavy atom. The molecule has 0 aliphatic heterocycles. The van der Waals surface area contributed by atoms with Crippen LogP contribution in [0.4, 0.5) is 4.39 Å². The molecule has 180 valence electrons. The molecule has 0 heterocycles. The topological polar surface area (TPSA) is 58.6 Å². The monoisotopic (exact) mass is 520 g/mol. The fraction of sp³-hybridized carbons (Fsp3) is 0.462. The van der Waals surface area contributed by atoms with E-state index in [1.807, 2.05) is 32.0 Å². The number of benzene rings is 2. The summed E-state index contributed by atoms with van der Waals surface area (Å²) in [6.07, 6.45) is 0.765. The number of nitrogens with zero attached hydrogens (tertiary/aromatic N) is 1. The van der Waals surface area contributed by atoms with Gasteiger partial charge in [-0.3, -0.25) is 9.59 Å². The maximum atomic E-state index is 14.3. The second-order valence-electron chi connectivity index (χ2n) is 9.29. The molecule has 0 bridgehead atoms. The Labute approximate surface area is 204 Å².